The molecule has 0 spiro atoms. The Kier molecular flexibility index (Phi) is 7.45. The zero-order chi connectivity index (χ0) is 24.1. The molecule has 1 aromatic heterocycles. The molecule has 2 heterocycles. The van der Waals surface area contributed by atoms with Gasteiger partial charge in [-0.25, -0.2) is 8.78 Å². The molecule has 2 aromatic carbocycles. The minimum absolute atomic E-state index is 0.111. The number of alkyl halides is 1. The second-order valence-electron chi connectivity index (χ2n) is 7.84. The highest BCUT2D eigenvalue weighted by molar-refractivity contribution is 6.37. The van der Waals surface area contributed by atoms with Crippen molar-refractivity contribution < 1.29 is 18.7 Å². The number of hydrogen-bond acceptors (Lipinski definition) is 4. The first kappa shape index (κ1) is 23.7. The van der Waals surface area contributed by atoms with Gasteiger partial charge in [-0.3, -0.25) is 14.8 Å². The standard InChI is InChI=1S/C26H22ClF2N3O2/c27-21-6-3-5-20(25(21)24-12-17(14-31-24)16-7-9-18(28)10-8-16)26(34)32-23(22(29)15-33)13-19-4-1-2-11-30-19/h1-12,22-23,33H,13-15H2,(H,32,34)/t22-,23+/m1/s1. The van der Waals surface area contributed by atoms with Gasteiger partial charge in [-0.2, -0.15) is 0 Å². The Hall–Kier alpha value is -3.42. The van der Waals surface area contributed by atoms with Crippen molar-refractivity contribution in [3.05, 3.63) is 106 Å². The average Bonchev–Trinajstić information content (AvgIpc) is 3.33. The molecule has 1 aliphatic rings. The summed E-state index contributed by atoms with van der Waals surface area (Å²) in [5.41, 5.74) is 3.43. The van der Waals surface area contributed by atoms with Crippen molar-refractivity contribution in [2.75, 3.05) is 13.2 Å². The van der Waals surface area contributed by atoms with E-state index in [2.05, 4.69) is 15.3 Å². The molecule has 174 valence electrons. The molecule has 4 rings (SSSR count). The van der Waals surface area contributed by atoms with Gasteiger partial charge in [-0.05, 0) is 53.6 Å². The van der Waals surface area contributed by atoms with Gasteiger partial charge < -0.3 is 10.4 Å². The van der Waals surface area contributed by atoms with Crippen LogP contribution in [0.3, 0.4) is 0 Å². The molecule has 8 heteroatoms. The Labute approximate surface area is 200 Å². The number of aromatic nitrogens is 1. The number of nitrogens with one attached hydrogen (secondary N) is 1. The lowest BCUT2D eigenvalue weighted by Crippen LogP contribution is -2.45. The van der Waals surface area contributed by atoms with E-state index in [9.17, 15) is 18.7 Å². The van der Waals surface area contributed by atoms with Crippen LogP contribution in [0.2, 0.25) is 5.02 Å². The van der Waals surface area contributed by atoms with E-state index >= 15 is 0 Å². The lowest BCUT2D eigenvalue weighted by molar-refractivity contribution is 0.0869. The monoisotopic (exact) mass is 481 g/mol. The van der Waals surface area contributed by atoms with Crippen molar-refractivity contribution in [1.29, 1.82) is 0 Å². The number of halogens is 3. The Bertz CT molecular complexity index is 1230. The topological polar surface area (TPSA) is 74.6 Å². The first-order chi connectivity index (χ1) is 16.5. The number of carbonyl (C=O) groups excluding carboxylic acids is 1. The highest BCUT2D eigenvalue weighted by Crippen LogP contribution is 2.28. The van der Waals surface area contributed by atoms with Crippen molar-refractivity contribution in [2.24, 2.45) is 4.99 Å². The highest BCUT2D eigenvalue weighted by atomic mass is 35.5. The number of aliphatic imine (C=N–C) groups is 1. The molecule has 5 nitrogen and oxygen atoms in total. The quantitative estimate of drug-likeness (QED) is 0.500. The third-order valence-corrected chi connectivity index (χ3v) is 5.86. The van der Waals surface area contributed by atoms with E-state index < -0.39 is 24.7 Å². The summed E-state index contributed by atoms with van der Waals surface area (Å²) < 4.78 is 27.8. The third-order valence-electron chi connectivity index (χ3n) is 5.54. The number of pyridine rings is 1. The average molecular weight is 482 g/mol. The van der Waals surface area contributed by atoms with Crippen LogP contribution in [0.1, 0.15) is 27.2 Å². The maximum Gasteiger partial charge on any atom is 0.252 e. The van der Waals surface area contributed by atoms with Crippen LogP contribution in [0.5, 0.6) is 0 Å². The number of carbonyl (C=O) groups is 1. The second-order valence-corrected chi connectivity index (χ2v) is 8.25. The van der Waals surface area contributed by atoms with Gasteiger partial charge in [0, 0.05) is 23.9 Å². The maximum absolute atomic E-state index is 14.5. The van der Waals surface area contributed by atoms with E-state index in [1.807, 2.05) is 6.08 Å². The van der Waals surface area contributed by atoms with Crippen LogP contribution in [0.25, 0.3) is 5.57 Å². The van der Waals surface area contributed by atoms with Crippen molar-refractivity contribution in [2.45, 2.75) is 18.6 Å². The Morgan fingerprint density at radius 1 is 1.12 bits per heavy atom. The third kappa shape index (κ3) is 5.38. The van der Waals surface area contributed by atoms with E-state index in [-0.39, 0.29) is 17.8 Å². The summed E-state index contributed by atoms with van der Waals surface area (Å²) in [6.45, 7) is -0.386. The number of allylic oxidation sites excluding steroid dienone is 1. The van der Waals surface area contributed by atoms with E-state index in [1.165, 1.54) is 12.1 Å². The van der Waals surface area contributed by atoms with E-state index in [1.54, 1.807) is 54.7 Å². The first-order valence-electron chi connectivity index (χ1n) is 10.7. The Morgan fingerprint density at radius 3 is 2.62 bits per heavy atom. The number of nitrogens with zero attached hydrogens (tertiary/aromatic N) is 2. The largest absolute Gasteiger partial charge is 0.393 e. The maximum atomic E-state index is 14.5. The van der Waals surface area contributed by atoms with Crippen molar-refractivity contribution in [1.82, 2.24) is 10.3 Å². The molecule has 0 unspecified atom stereocenters. The van der Waals surface area contributed by atoms with Crippen molar-refractivity contribution >= 4 is 28.8 Å². The van der Waals surface area contributed by atoms with Crippen LogP contribution in [0, 0.1) is 5.82 Å². The second kappa shape index (κ2) is 10.7. The zero-order valence-corrected chi connectivity index (χ0v) is 18.8. The van der Waals surface area contributed by atoms with Crippen molar-refractivity contribution in [3.8, 4) is 0 Å². The normalized spacial score (nSPS) is 14.8. The van der Waals surface area contributed by atoms with Gasteiger partial charge in [0.2, 0.25) is 0 Å². The van der Waals surface area contributed by atoms with Crippen LogP contribution in [-0.2, 0) is 6.42 Å². The summed E-state index contributed by atoms with van der Waals surface area (Å²) in [5.74, 6) is -0.872. The number of benzene rings is 2. The number of aliphatic hydroxyl groups excluding tert-OH is 1. The Balaban J connectivity index is 1.60. The van der Waals surface area contributed by atoms with Crippen LogP contribution in [0.15, 0.2) is 77.9 Å². The molecule has 0 saturated heterocycles. The van der Waals surface area contributed by atoms with E-state index in [4.69, 9.17) is 11.6 Å². The molecular weight excluding hydrogens is 460 g/mol. The molecule has 3 aromatic rings. The Morgan fingerprint density at radius 2 is 1.91 bits per heavy atom. The molecule has 2 atom stereocenters. The fourth-order valence-corrected chi connectivity index (χ4v) is 4.05. The summed E-state index contributed by atoms with van der Waals surface area (Å²) >= 11 is 6.46. The van der Waals surface area contributed by atoms with Gasteiger partial charge in [-0.15, -0.1) is 0 Å². The molecule has 0 saturated carbocycles. The summed E-state index contributed by atoms with van der Waals surface area (Å²) in [7, 11) is 0. The molecule has 0 aliphatic carbocycles. The molecule has 0 fully saturated rings. The van der Waals surface area contributed by atoms with Crippen molar-refractivity contribution in [3.63, 3.8) is 0 Å². The summed E-state index contributed by atoms with van der Waals surface area (Å²) in [6.07, 6.45) is 1.82. The van der Waals surface area contributed by atoms with E-state index in [0.29, 0.717) is 28.5 Å². The first-order valence-corrected chi connectivity index (χ1v) is 11.1. The van der Waals surface area contributed by atoms with Gasteiger partial charge in [0.05, 0.1) is 35.5 Å². The molecule has 1 aliphatic heterocycles. The summed E-state index contributed by atoms with van der Waals surface area (Å²) in [4.78, 5) is 21.9. The smallest absolute Gasteiger partial charge is 0.252 e. The number of hydrogen-bond donors (Lipinski definition) is 2. The number of rotatable bonds is 8. The summed E-state index contributed by atoms with van der Waals surface area (Å²) in [6, 6.07) is 15.2. The SMILES string of the molecule is O=C(N[C@@H](Cc1ccccn1)[C@H](F)CO)c1cccc(Cl)c1C1=NCC(c2ccc(F)cc2)=C1. The minimum atomic E-state index is -1.68. The lowest BCUT2D eigenvalue weighted by Gasteiger charge is -2.22. The van der Waals surface area contributed by atoms with Crippen LogP contribution in [0.4, 0.5) is 8.78 Å². The number of aliphatic hydroxyl groups is 1. The summed E-state index contributed by atoms with van der Waals surface area (Å²) in [5, 5.41) is 12.4. The van der Waals surface area contributed by atoms with Gasteiger partial charge in [0.25, 0.3) is 5.91 Å². The van der Waals surface area contributed by atoms with Gasteiger partial charge in [0.15, 0.2) is 0 Å². The van der Waals surface area contributed by atoms with Gasteiger partial charge in [0.1, 0.15) is 12.0 Å². The zero-order valence-electron chi connectivity index (χ0n) is 18.1. The molecule has 0 bridgehead atoms. The molecule has 34 heavy (non-hydrogen) atoms. The van der Waals surface area contributed by atoms with Gasteiger partial charge in [-0.1, -0.05) is 35.9 Å². The molecular formula is C26H22ClF2N3O2. The minimum Gasteiger partial charge on any atom is -0.393 e. The molecule has 1 amide bonds. The van der Waals surface area contributed by atoms with Crippen LogP contribution < -0.4 is 5.32 Å². The number of amides is 1. The highest BCUT2D eigenvalue weighted by Gasteiger charge is 2.27. The molecule has 0 radical (unpaired) electrons. The predicted molar refractivity (Wildman–Crippen MR) is 128 cm³/mol. The van der Waals surface area contributed by atoms with Crippen LogP contribution >= 0.6 is 11.6 Å². The fourth-order valence-electron chi connectivity index (χ4n) is 3.78. The van der Waals surface area contributed by atoms with Gasteiger partial charge >= 0.3 is 0 Å². The molecule has 2 N–H and O–H groups in total. The lowest BCUT2D eigenvalue weighted by atomic mass is 9.99. The van der Waals surface area contributed by atoms with Crippen LogP contribution in [-0.4, -0.2) is 47.1 Å². The predicted octanol–water partition coefficient (Wildman–Crippen LogP) is 4.43. The van der Waals surface area contributed by atoms with E-state index in [0.717, 1.165) is 11.1 Å². The fraction of sp³-hybridized carbons (Fsp3) is 0.192.